The highest BCUT2D eigenvalue weighted by atomic mass is 16.7. The Kier molecular flexibility index (Phi) is 58.2. The third kappa shape index (κ3) is 46.0. The van der Waals surface area contributed by atoms with Crippen molar-refractivity contribution in [3.8, 4) is 0 Å². The summed E-state index contributed by atoms with van der Waals surface area (Å²) in [6.07, 6.45) is 73.9. The molecule has 0 bridgehead atoms. The Morgan fingerprint density at radius 3 is 1.13 bits per heavy atom. The number of ether oxygens (including phenoxy) is 4. The number of aliphatic hydroxyl groups excluding tert-OH is 8. The van der Waals surface area contributed by atoms with Gasteiger partial charge in [-0.05, 0) is 83.5 Å². The molecule has 9 N–H and O–H groups in total. The van der Waals surface area contributed by atoms with Crippen molar-refractivity contribution < 1.29 is 64.6 Å². The zero-order valence-electron chi connectivity index (χ0n) is 59.2. The van der Waals surface area contributed by atoms with Gasteiger partial charge in [-0.3, -0.25) is 4.79 Å². The highest BCUT2D eigenvalue weighted by Gasteiger charge is 2.51. The van der Waals surface area contributed by atoms with Crippen LogP contribution in [-0.4, -0.2) is 140 Å². The second kappa shape index (κ2) is 63.1. The summed E-state index contributed by atoms with van der Waals surface area (Å²) in [4.78, 5) is 13.4. The van der Waals surface area contributed by atoms with E-state index in [1.54, 1.807) is 0 Å². The molecule has 2 saturated heterocycles. The van der Waals surface area contributed by atoms with Gasteiger partial charge in [0.15, 0.2) is 12.6 Å². The van der Waals surface area contributed by atoms with E-state index in [0.717, 1.165) is 116 Å². The van der Waals surface area contributed by atoms with E-state index in [4.69, 9.17) is 18.9 Å². The summed E-state index contributed by atoms with van der Waals surface area (Å²) in [5.41, 5.74) is 0. The quantitative estimate of drug-likeness (QED) is 0.0204. The van der Waals surface area contributed by atoms with Gasteiger partial charge in [-0.1, -0.05) is 316 Å². The van der Waals surface area contributed by atoms with Crippen LogP contribution in [0.1, 0.15) is 296 Å². The second-order valence-corrected chi connectivity index (χ2v) is 26.4. The van der Waals surface area contributed by atoms with Gasteiger partial charge < -0.3 is 65.1 Å². The van der Waals surface area contributed by atoms with Crippen LogP contribution in [0.5, 0.6) is 0 Å². The van der Waals surface area contributed by atoms with Gasteiger partial charge >= 0.3 is 0 Å². The first-order chi connectivity index (χ1) is 46.1. The lowest BCUT2D eigenvalue weighted by molar-refractivity contribution is -0.359. The fraction of sp³-hybridized carbons (Fsp3) is 0.762. The molecule has 2 rings (SSSR count). The van der Waals surface area contributed by atoms with Crippen LogP contribution in [-0.2, 0) is 23.7 Å². The van der Waals surface area contributed by atoms with E-state index < -0.39 is 86.8 Å². The number of aliphatic hydroxyl groups is 8. The smallest absolute Gasteiger partial charge is 0.220 e. The van der Waals surface area contributed by atoms with Crippen LogP contribution >= 0.6 is 0 Å². The monoisotopic (exact) mass is 1320 g/mol. The first-order valence-corrected chi connectivity index (χ1v) is 38.1. The average Bonchev–Trinajstić information content (AvgIpc) is 0.794. The molecule has 0 radical (unpaired) electrons. The topological polar surface area (TPSA) is 228 Å². The lowest BCUT2D eigenvalue weighted by atomic mass is 9.97. The van der Waals surface area contributed by atoms with Crippen LogP contribution < -0.4 is 5.32 Å². The molecule has 2 aliphatic rings. The van der Waals surface area contributed by atoms with Crippen LogP contribution in [0.2, 0.25) is 0 Å². The minimum absolute atomic E-state index is 0.226. The van der Waals surface area contributed by atoms with E-state index >= 15 is 0 Å². The number of rotatable bonds is 62. The van der Waals surface area contributed by atoms with Gasteiger partial charge in [0, 0.05) is 6.42 Å². The number of hydrogen-bond donors (Lipinski definition) is 9. The molecule has 12 unspecified atom stereocenters. The Morgan fingerprint density at radius 2 is 0.734 bits per heavy atom. The van der Waals surface area contributed by atoms with E-state index in [9.17, 15) is 45.6 Å². The molecule has 0 spiro atoms. The Hall–Kier alpha value is -3.35. The van der Waals surface area contributed by atoms with Crippen molar-refractivity contribution in [3.63, 3.8) is 0 Å². The van der Waals surface area contributed by atoms with Crippen molar-refractivity contribution in [1.29, 1.82) is 0 Å². The molecule has 0 aromatic rings. The predicted octanol–water partition coefficient (Wildman–Crippen LogP) is 16.7. The fourth-order valence-electron chi connectivity index (χ4n) is 12.0. The molecule has 14 nitrogen and oxygen atoms in total. The van der Waals surface area contributed by atoms with Crippen molar-refractivity contribution in [2.24, 2.45) is 0 Å². The van der Waals surface area contributed by atoms with Crippen LogP contribution in [0.4, 0.5) is 0 Å². The molecule has 1 amide bonds. The minimum atomic E-state index is -1.79. The Labute approximate surface area is 572 Å². The van der Waals surface area contributed by atoms with E-state index in [1.807, 2.05) is 0 Å². The Balaban J connectivity index is 1.67. The van der Waals surface area contributed by atoms with E-state index in [-0.39, 0.29) is 18.9 Å². The molecule has 542 valence electrons. The maximum atomic E-state index is 13.4. The molecule has 2 heterocycles. The van der Waals surface area contributed by atoms with E-state index in [1.165, 1.54) is 148 Å². The molecular weight excluding hydrogens is 1180 g/mol. The third-order valence-electron chi connectivity index (χ3n) is 18.0. The van der Waals surface area contributed by atoms with Crippen molar-refractivity contribution in [2.45, 2.75) is 370 Å². The molecule has 2 fully saturated rings. The van der Waals surface area contributed by atoms with Gasteiger partial charge in [-0.15, -0.1) is 0 Å². The van der Waals surface area contributed by atoms with Crippen molar-refractivity contribution in [3.05, 3.63) is 109 Å². The summed E-state index contributed by atoms with van der Waals surface area (Å²) < 4.78 is 22.9. The molecular formula is C80H139NO13. The zero-order valence-corrected chi connectivity index (χ0v) is 59.2. The van der Waals surface area contributed by atoms with Crippen molar-refractivity contribution >= 4 is 5.91 Å². The molecule has 14 heteroatoms. The van der Waals surface area contributed by atoms with Gasteiger partial charge in [0.25, 0.3) is 0 Å². The number of allylic oxidation sites excluding steroid dienone is 18. The van der Waals surface area contributed by atoms with Crippen LogP contribution in [0.3, 0.4) is 0 Å². The average molecular weight is 1320 g/mol. The summed E-state index contributed by atoms with van der Waals surface area (Å²) in [7, 11) is 0. The number of carbonyl (C=O) groups is 1. The third-order valence-corrected chi connectivity index (χ3v) is 18.0. The molecule has 0 aromatic carbocycles. The van der Waals surface area contributed by atoms with Crippen LogP contribution in [0.15, 0.2) is 109 Å². The second-order valence-electron chi connectivity index (χ2n) is 26.4. The summed E-state index contributed by atoms with van der Waals surface area (Å²) in [5.74, 6) is -0.226. The van der Waals surface area contributed by atoms with Gasteiger partial charge in [-0.25, -0.2) is 0 Å². The first-order valence-electron chi connectivity index (χ1n) is 38.1. The number of amides is 1. The van der Waals surface area contributed by atoms with Gasteiger partial charge in [0.1, 0.15) is 48.8 Å². The maximum absolute atomic E-state index is 13.4. The lowest BCUT2D eigenvalue weighted by Crippen LogP contribution is -2.65. The molecule has 2 aliphatic heterocycles. The van der Waals surface area contributed by atoms with Crippen LogP contribution in [0, 0.1) is 0 Å². The maximum Gasteiger partial charge on any atom is 0.220 e. The largest absolute Gasteiger partial charge is 0.394 e. The molecule has 94 heavy (non-hydrogen) atoms. The van der Waals surface area contributed by atoms with Gasteiger partial charge in [-0.2, -0.15) is 0 Å². The van der Waals surface area contributed by atoms with Gasteiger partial charge in [0.05, 0.1) is 32.0 Å². The predicted molar refractivity (Wildman–Crippen MR) is 387 cm³/mol. The fourth-order valence-corrected chi connectivity index (χ4v) is 12.0. The number of carbonyl (C=O) groups excluding carboxylic acids is 1. The normalized spacial score (nSPS) is 23.1. The zero-order chi connectivity index (χ0) is 68.0. The summed E-state index contributed by atoms with van der Waals surface area (Å²) in [6, 6.07) is -0.850. The highest BCUT2D eigenvalue weighted by molar-refractivity contribution is 5.76. The molecule has 0 saturated carbocycles. The SMILES string of the molecule is CC/C=C\C/C=C\C/C=C\C/C=C\C/C=C\C/C=C\C/C=C\C/C=C\C/C=C\CCCCCCCC(=O)NC(COC1OC(CO)C(OC2OC(CO)C(O)C(O)C2O)C(O)C1O)C(O)CCCCCCCCCCCCCCCCCCCCCCCCCCCCC. The van der Waals surface area contributed by atoms with Crippen molar-refractivity contribution in [1.82, 2.24) is 5.32 Å². The Morgan fingerprint density at radius 1 is 0.394 bits per heavy atom. The van der Waals surface area contributed by atoms with E-state index in [2.05, 4.69) is 129 Å². The van der Waals surface area contributed by atoms with Gasteiger partial charge in [0.2, 0.25) is 5.91 Å². The summed E-state index contributed by atoms with van der Waals surface area (Å²) >= 11 is 0. The molecule has 0 aromatic heterocycles. The number of unbranched alkanes of at least 4 members (excludes halogenated alkanes) is 31. The molecule has 0 aliphatic carbocycles. The summed E-state index contributed by atoms with van der Waals surface area (Å²) in [6.45, 7) is 2.76. The Bertz CT molecular complexity index is 2000. The highest BCUT2D eigenvalue weighted by Crippen LogP contribution is 2.30. The first kappa shape index (κ1) is 86.7. The van der Waals surface area contributed by atoms with E-state index in [0.29, 0.717) is 12.8 Å². The molecule has 12 atom stereocenters. The minimum Gasteiger partial charge on any atom is -0.394 e. The number of nitrogens with one attached hydrogen (secondary N) is 1. The summed E-state index contributed by atoms with van der Waals surface area (Å²) in [5, 5.41) is 87.8. The standard InChI is InChI=1S/C80H139NO13/c1-3-5-7-9-11-13-15-17-19-21-23-25-27-29-31-32-33-34-35-36-38-40-42-44-46-48-50-52-54-56-58-60-62-64-72(85)81-68(67-91-79-77(90)75(88)78(71(66-83)93-79)94-80-76(89)74(87)73(86)70(65-82)92-80)69(84)63-61-59-57-55-53-51-49-47-45-43-41-39-37-30-28-26-24-22-20-18-16-14-12-10-8-6-4-2/h5,7,11,13,17,19,23,25,29,31,33-34,36,38,42,44,48,50,68-71,73-80,82-84,86-90H,3-4,6,8-10,12,14-16,18,20-22,24,26-28,30,32,35,37,39-41,43,45-47,49,51-67H2,1-2H3,(H,81,85)/b7-5-,13-11-,19-17-,25-23-,31-29-,34-33-,38-36-,44-42-,50-48-. The number of hydrogen-bond acceptors (Lipinski definition) is 13. The van der Waals surface area contributed by atoms with Crippen LogP contribution in [0.25, 0.3) is 0 Å². The van der Waals surface area contributed by atoms with Crippen molar-refractivity contribution in [2.75, 3.05) is 19.8 Å². The lowest BCUT2D eigenvalue weighted by Gasteiger charge is -2.46.